The van der Waals surface area contributed by atoms with E-state index in [9.17, 15) is 9.90 Å². The Balaban J connectivity index is 1.81. The van der Waals surface area contributed by atoms with Gasteiger partial charge in [-0.3, -0.25) is 4.79 Å². The van der Waals surface area contributed by atoms with Crippen molar-refractivity contribution in [3.05, 3.63) is 27.7 Å². The second-order valence-corrected chi connectivity index (χ2v) is 6.43. The molecule has 1 amide bonds. The number of hydrogen-bond acceptors (Lipinski definition) is 3. The summed E-state index contributed by atoms with van der Waals surface area (Å²) in [7, 11) is 0. The summed E-state index contributed by atoms with van der Waals surface area (Å²) < 4.78 is 0. The van der Waals surface area contributed by atoms with E-state index in [1.165, 1.54) is 0 Å². The number of carbonyl (C=O) groups is 1. The molecule has 0 radical (unpaired) electrons. The number of nitrogen functional groups attached to an aromatic ring is 1. The molecule has 3 atom stereocenters. The molecule has 1 aromatic carbocycles. The van der Waals surface area contributed by atoms with Crippen LogP contribution in [0, 0.1) is 11.8 Å². The van der Waals surface area contributed by atoms with E-state index in [4.69, 9.17) is 28.9 Å². The van der Waals surface area contributed by atoms with Crippen molar-refractivity contribution in [1.82, 2.24) is 4.90 Å². The molecule has 0 aromatic heterocycles. The van der Waals surface area contributed by atoms with Gasteiger partial charge in [-0.1, -0.05) is 23.2 Å². The molecule has 0 spiro atoms. The van der Waals surface area contributed by atoms with Crippen molar-refractivity contribution in [2.24, 2.45) is 11.8 Å². The largest absolute Gasteiger partial charge is 0.397 e. The Kier molecular flexibility index (Phi) is 3.56. The van der Waals surface area contributed by atoms with Gasteiger partial charge in [0.2, 0.25) is 0 Å². The van der Waals surface area contributed by atoms with Crippen LogP contribution >= 0.6 is 23.2 Å². The lowest BCUT2D eigenvalue weighted by Crippen LogP contribution is -2.31. The molecule has 1 heterocycles. The zero-order valence-corrected chi connectivity index (χ0v) is 12.4. The number of fused-ring (bicyclic) bond motifs is 1. The van der Waals surface area contributed by atoms with Crippen LogP contribution in [0.4, 0.5) is 5.69 Å². The van der Waals surface area contributed by atoms with E-state index in [1.54, 1.807) is 17.0 Å². The predicted molar refractivity (Wildman–Crippen MR) is 79.0 cm³/mol. The Morgan fingerprint density at radius 1 is 1.30 bits per heavy atom. The Morgan fingerprint density at radius 3 is 2.70 bits per heavy atom. The molecule has 4 nitrogen and oxygen atoms in total. The van der Waals surface area contributed by atoms with Crippen molar-refractivity contribution in [2.45, 2.75) is 18.9 Å². The Bertz CT molecular complexity index is 541. The smallest absolute Gasteiger partial charge is 0.254 e. The molecule has 6 heteroatoms. The molecule has 2 fully saturated rings. The van der Waals surface area contributed by atoms with Crippen molar-refractivity contribution < 1.29 is 9.90 Å². The lowest BCUT2D eigenvalue weighted by atomic mass is 10.00. The first-order valence-electron chi connectivity index (χ1n) is 6.69. The number of carbonyl (C=O) groups excluding carboxylic acids is 1. The third-order valence-corrected chi connectivity index (χ3v) is 5.23. The molecule has 108 valence electrons. The van der Waals surface area contributed by atoms with Gasteiger partial charge < -0.3 is 15.7 Å². The van der Waals surface area contributed by atoms with Gasteiger partial charge in [0.15, 0.2) is 0 Å². The van der Waals surface area contributed by atoms with Crippen LogP contribution in [0.1, 0.15) is 23.2 Å². The van der Waals surface area contributed by atoms with Crippen molar-refractivity contribution >= 4 is 34.8 Å². The van der Waals surface area contributed by atoms with E-state index >= 15 is 0 Å². The van der Waals surface area contributed by atoms with Gasteiger partial charge in [0.1, 0.15) is 0 Å². The molecule has 1 saturated heterocycles. The maximum absolute atomic E-state index is 12.5. The van der Waals surface area contributed by atoms with Crippen LogP contribution in [0.3, 0.4) is 0 Å². The quantitative estimate of drug-likeness (QED) is 0.782. The number of aliphatic hydroxyl groups is 1. The lowest BCUT2D eigenvalue weighted by molar-refractivity contribution is 0.0752. The summed E-state index contributed by atoms with van der Waals surface area (Å²) in [5, 5.41) is 10.5. The van der Waals surface area contributed by atoms with Gasteiger partial charge in [-0.15, -0.1) is 0 Å². The highest BCUT2D eigenvalue weighted by atomic mass is 35.5. The Hall–Kier alpha value is -0.970. The normalized spacial score (nSPS) is 28.8. The van der Waals surface area contributed by atoms with Crippen LogP contribution in [0.2, 0.25) is 10.0 Å². The minimum atomic E-state index is -0.281. The Labute approximate surface area is 127 Å². The number of nitrogens with two attached hydrogens (primary N) is 1. The van der Waals surface area contributed by atoms with Crippen molar-refractivity contribution in [3.63, 3.8) is 0 Å². The van der Waals surface area contributed by atoms with Crippen LogP contribution in [-0.2, 0) is 0 Å². The number of amides is 1. The minimum absolute atomic E-state index is 0.100. The first kappa shape index (κ1) is 14.0. The molecule has 0 bridgehead atoms. The molecule has 2 aliphatic rings. The van der Waals surface area contributed by atoms with Gasteiger partial charge >= 0.3 is 0 Å². The molecule has 20 heavy (non-hydrogen) atoms. The van der Waals surface area contributed by atoms with Crippen LogP contribution in [0.15, 0.2) is 12.1 Å². The van der Waals surface area contributed by atoms with Gasteiger partial charge in [-0.25, -0.2) is 0 Å². The van der Waals surface area contributed by atoms with E-state index in [0.29, 0.717) is 30.3 Å². The fourth-order valence-corrected chi connectivity index (χ4v) is 3.65. The molecule has 3 N–H and O–H groups in total. The molecular weight excluding hydrogens is 299 g/mol. The fourth-order valence-electron chi connectivity index (χ4n) is 3.32. The number of aliphatic hydroxyl groups excluding tert-OH is 1. The van der Waals surface area contributed by atoms with Gasteiger partial charge in [0, 0.05) is 24.6 Å². The molecule has 3 unspecified atom stereocenters. The first-order chi connectivity index (χ1) is 9.47. The second kappa shape index (κ2) is 5.10. The summed E-state index contributed by atoms with van der Waals surface area (Å²) in [5.74, 6) is 0.519. The third-order valence-electron chi connectivity index (χ3n) is 4.41. The van der Waals surface area contributed by atoms with Crippen LogP contribution in [0.5, 0.6) is 0 Å². The summed E-state index contributed by atoms with van der Waals surface area (Å²) in [6, 6.07) is 3.11. The number of likely N-dealkylation sites (tertiary alicyclic amines) is 1. The summed E-state index contributed by atoms with van der Waals surface area (Å²) in [4.78, 5) is 14.3. The second-order valence-electron chi connectivity index (χ2n) is 5.64. The van der Waals surface area contributed by atoms with Gasteiger partial charge in [-0.05, 0) is 30.9 Å². The van der Waals surface area contributed by atoms with E-state index in [0.717, 1.165) is 12.8 Å². The Morgan fingerprint density at radius 2 is 2.05 bits per heavy atom. The molecular formula is C14H16Cl2N2O2. The predicted octanol–water partition coefficient (Wildman–Crippen LogP) is 2.42. The highest BCUT2D eigenvalue weighted by molar-refractivity contribution is 6.43. The van der Waals surface area contributed by atoms with Crippen LogP contribution in [0.25, 0.3) is 0 Å². The maximum atomic E-state index is 12.5. The highest BCUT2D eigenvalue weighted by Crippen LogP contribution is 2.39. The zero-order chi connectivity index (χ0) is 14.4. The summed E-state index contributed by atoms with van der Waals surface area (Å²) in [6.45, 7) is 1.30. The highest BCUT2D eigenvalue weighted by Gasteiger charge is 2.43. The van der Waals surface area contributed by atoms with Crippen LogP contribution in [-0.4, -0.2) is 35.1 Å². The van der Waals surface area contributed by atoms with E-state index < -0.39 is 0 Å². The number of anilines is 1. The topological polar surface area (TPSA) is 66.6 Å². The van der Waals surface area contributed by atoms with Crippen LogP contribution < -0.4 is 5.73 Å². The SMILES string of the molecule is Nc1cc(C(=O)N2CC3CCC(O)C3C2)cc(Cl)c1Cl. The van der Waals surface area contributed by atoms with E-state index in [1.807, 2.05) is 0 Å². The zero-order valence-electron chi connectivity index (χ0n) is 10.9. The van der Waals surface area contributed by atoms with Gasteiger partial charge in [0.25, 0.3) is 5.91 Å². The van der Waals surface area contributed by atoms with Gasteiger partial charge in [-0.2, -0.15) is 0 Å². The third kappa shape index (κ3) is 2.26. The van der Waals surface area contributed by atoms with E-state index in [-0.39, 0.29) is 28.0 Å². The minimum Gasteiger partial charge on any atom is -0.397 e. The standard InChI is InChI=1S/C14H16Cl2N2O2/c15-10-3-8(4-11(17)13(10)16)14(20)18-5-7-1-2-12(19)9(7)6-18/h3-4,7,9,12,19H,1-2,5-6,17H2. The maximum Gasteiger partial charge on any atom is 0.254 e. The number of hydrogen-bond donors (Lipinski definition) is 2. The lowest BCUT2D eigenvalue weighted by Gasteiger charge is -2.19. The van der Waals surface area contributed by atoms with Crippen molar-refractivity contribution in [1.29, 1.82) is 0 Å². The van der Waals surface area contributed by atoms with Crippen molar-refractivity contribution in [3.8, 4) is 0 Å². The molecule has 1 saturated carbocycles. The first-order valence-corrected chi connectivity index (χ1v) is 7.45. The summed E-state index contributed by atoms with van der Waals surface area (Å²) in [5.41, 5.74) is 6.50. The summed E-state index contributed by atoms with van der Waals surface area (Å²) >= 11 is 11.9. The van der Waals surface area contributed by atoms with Crippen molar-refractivity contribution in [2.75, 3.05) is 18.8 Å². The number of benzene rings is 1. The fraction of sp³-hybridized carbons (Fsp3) is 0.500. The molecule has 1 aromatic rings. The van der Waals surface area contributed by atoms with Gasteiger partial charge in [0.05, 0.1) is 21.8 Å². The molecule has 3 rings (SSSR count). The average Bonchev–Trinajstić information content (AvgIpc) is 2.97. The summed E-state index contributed by atoms with van der Waals surface area (Å²) in [6.07, 6.45) is 1.55. The van der Waals surface area contributed by atoms with E-state index in [2.05, 4.69) is 0 Å². The average molecular weight is 315 g/mol. The number of halogens is 2. The number of rotatable bonds is 1. The monoisotopic (exact) mass is 314 g/mol. The number of nitrogens with zero attached hydrogens (tertiary/aromatic N) is 1. The molecule has 1 aliphatic heterocycles. The molecule has 1 aliphatic carbocycles.